The van der Waals surface area contributed by atoms with Gasteiger partial charge in [-0.25, -0.2) is 0 Å². The smallest absolute Gasteiger partial charge is 0.181 e. The van der Waals surface area contributed by atoms with Gasteiger partial charge in [0.15, 0.2) is 11.3 Å². The minimum absolute atomic E-state index is 0.652. The summed E-state index contributed by atoms with van der Waals surface area (Å²) < 4.78 is 5.52. The lowest BCUT2D eigenvalue weighted by Crippen LogP contribution is -1.78. The van der Waals surface area contributed by atoms with Crippen LogP contribution in [0.15, 0.2) is 36.4 Å². The Morgan fingerprint density at radius 1 is 1.13 bits per heavy atom. The van der Waals surface area contributed by atoms with Crippen molar-refractivity contribution < 1.29 is 9.53 Å². The van der Waals surface area contributed by atoms with Gasteiger partial charge in [-0.1, -0.05) is 22.9 Å². The van der Waals surface area contributed by atoms with E-state index in [-0.39, 0.29) is 0 Å². The van der Waals surface area contributed by atoms with Crippen LogP contribution in [0.1, 0.15) is 9.67 Å². The predicted molar refractivity (Wildman–Crippen MR) is 61.2 cm³/mol. The lowest BCUT2D eigenvalue weighted by molar-refractivity contribution is 0.112. The molecule has 0 N–H and O–H groups in total. The van der Waals surface area contributed by atoms with Gasteiger partial charge in [-0.3, -0.25) is 4.79 Å². The molecule has 2 rings (SSSR count). The molecule has 0 amide bonds. The summed E-state index contributed by atoms with van der Waals surface area (Å²) in [6.45, 7) is 0. The number of rotatable bonds is 3. The second-order valence-corrected chi connectivity index (χ2v) is 4.34. The van der Waals surface area contributed by atoms with Gasteiger partial charge in [0, 0.05) is 5.02 Å². The fourth-order valence-corrected chi connectivity index (χ4v) is 1.89. The van der Waals surface area contributed by atoms with E-state index in [4.69, 9.17) is 16.3 Å². The van der Waals surface area contributed by atoms with Crippen LogP contribution in [0.4, 0.5) is 0 Å². The Hall–Kier alpha value is -1.32. The highest BCUT2D eigenvalue weighted by Crippen LogP contribution is 2.29. The average Bonchev–Trinajstić information content (AvgIpc) is 2.69. The first-order chi connectivity index (χ1) is 7.28. The van der Waals surface area contributed by atoms with E-state index in [1.165, 1.54) is 11.3 Å². The van der Waals surface area contributed by atoms with Crippen LogP contribution in [0.2, 0.25) is 5.02 Å². The third kappa shape index (κ3) is 2.58. The molecule has 0 saturated heterocycles. The van der Waals surface area contributed by atoms with Gasteiger partial charge in [0.2, 0.25) is 0 Å². The van der Waals surface area contributed by atoms with E-state index >= 15 is 0 Å². The topological polar surface area (TPSA) is 26.3 Å². The highest BCUT2D eigenvalue weighted by Gasteiger charge is 2.01. The van der Waals surface area contributed by atoms with Crippen LogP contribution in [0.3, 0.4) is 0 Å². The summed E-state index contributed by atoms with van der Waals surface area (Å²) in [5.41, 5.74) is 0. The summed E-state index contributed by atoms with van der Waals surface area (Å²) in [5.74, 6) is 0.707. The highest BCUT2D eigenvalue weighted by atomic mass is 35.5. The Bertz CT molecular complexity index is 462. The summed E-state index contributed by atoms with van der Waals surface area (Å²) in [6, 6.07) is 10.6. The minimum atomic E-state index is 0.652. The van der Waals surface area contributed by atoms with Crippen molar-refractivity contribution in [3.8, 4) is 10.8 Å². The molecule has 0 bridgehead atoms. The standard InChI is InChI=1S/C11H7ClO2S/c12-8-1-3-9(4-2-8)14-11-6-5-10(7-13)15-11/h1-7H. The van der Waals surface area contributed by atoms with Gasteiger partial charge in [0.1, 0.15) is 5.75 Å². The maximum absolute atomic E-state index is 10.5. The van der Waals surface area contributed by atoms with E-state index in [1.807, 2.05) is 0 Å². The Kier molecular flexibility index (Phi) is 3.04. The molecule has 1 aromatic carbocycles. The van der Waals surface area contributed by atoms with Crippen molar-refractivity contribution in [1.82, 2.24) is 0 Å². The first-order valence-electron chi connectivity index (χ1n) is 4.26. The SMILES string of the molecule is O=Cc1ccc(Oc2ccc(Cl)cc2)s1. The zero-order chi connectivity index (χ0) is 10.7. The van der Waals surface area contributed by atoms with Gasteiger partial charge in [-0.15, -0.1) is 0 Å². The molecule has 0 saturated carbocycles. The van der Waals surface area contributed by atoms with Crippen molar-refractivity contribution in [3.05, 3.63) is 46.3 Å². The summed E-state index contributed by atoms with van der Waals surface area (Å²) >= 11 is 7.05. The van der Waals surface area contributed by atoms with E-state index in [0.717, 1.165) is 6.29 Å². The van der Waals surface area contributed by atoms with Crippen molar-refractivity contribution in [2.75, 3.05) is 0 Å². The van der Waals surface area contributed by atoms with Crippen molar-refractivity contribution in [1.29, 1.82) is 0 Å². The van der Waals surface area contributed by atoms with Crippen molar-refractivity contribution >= 4 is 29.2 Å². The van der Waals surface area contributed by atoms with Crippen LogP contribution in [0, 0.1) is 0 Å². The zero-order valence-corrected chi connectivity index (χ0v) is 9.22. The number of aldehydes is 1. The van der Waals surface area contributed by atoms with Crippen molar-refractivity contribution in [2.24, 2.45) is 0 Å². The zero-order valence-electron chi connectivity index (χ0n) is 7.64. The molecule has 0 aliphatic heterocycles. The van der Waals surface area contributed by atoms with Crippen molar-refractivity contribution in [2.45, 2.75) is 0 Å². The minimum Gasteiger partial charge on any atom is -0.447 e. The first kappa shape index (κ1) is 10.2. The molecule has 4 heteroatoms. The largest absolute Gasteiger partial charge is 0.447 e. The molecular formula is C11H7ClO2S. The van der Waals surface area contributed by atoms with Crippen LogP contribution in [-0.2, 0) is 0 Å². The summed E-state index contributed by atoms with van der Waals surface area (Å²) in [4.78, 5) is 11.1. The predicted octanol–water partition coefficient (Wildman–Crippen LogP) is 4.01. The number of benzene rings is 1. The maximum atomic E-state index is 10.5. The number of ether oxygens (including phenoxy) is 1. The lowest BCUT2D eigenvalue weighted by Gasteiger charge is -2.01. The van der Waals surface area contributed by atoms with E-state index in [1.54, 1.807) is 36.4 Å². The number of carbonyl (C=O) groups is 1. The Morgan fingerprint density at radius 3 is 2.47 bits per heavy atom. The van der Waals surface area contributed by atoms with E-state index in [2.05, 4.69) is 0 Å². The summed E-state index contributed by atoms with van der Waals surface area (Å²) in [7, 11) is 0. The number of hydrogen-bond donors (Lipinski definition) is 0. The van der Waals surface area contributed by atoms with Crippen LogP contribution in [-0.4, -0.2) is 6.29 Å². The van der Waals surface area contributed by atoms with Gasteiger partial charge in [-0.05, 0) is 36.4 Å². The average molecular weight is 239 g/mol. The monoisotopic (exact) mass is 238 g/mol. The maximum Gasteiger partial charge on any atom is 0.181 e. The van der Waals surface area contributed by atoms with Gasteiger partial charge in [0.25, 0.3) is 0 Å². The van der Waals surface area contributed by atoms with Crippen LogP contribution in [0.25, 0.3) is 0 Å². The number of thiophene rings is 1. The van der Waals surface area contributed by atoms with Crippen molar-refractivity contribution in [3.63, 3.8) is 0 Å². The molecule has 0 aliphatic carbocycles. The van der Waals surface area contributed by atoms with E-state index in [0.29, 0.717) is 20.7 Å². The Labute approximate surface area is 96.1 Å². The van der Waals surface area contributed by atoms with E-state index < -0.39 is 0 Å². The fraction of sp³-hybridized carbons (Fsp3) is 0. The fourth-order valence-electron chi connectivity index (χ4n) is 1.07. The summed E-state index contributed by atoms with van der Waals surface area (Å²) in [6.07, 6.45) is 0.805. The molecule has 76 valence electrons. The molecule has 1 aromatic heterocycles. The van der Waals surface area contributed by atoms with E-state index in [9.17, 15) is 4.79 Å². The van der Waals surface area contributed by atoms with Gasteiger partial charge < -0.3 is 4.74 Å². The molecule has 0 aliphatic rings. The first-order valence-corrected chi connectivity index (χ1v) is 5.46. The molecular weight excluding hydrogens is 232 g/mol. The molecule has 2 aromatic rings. The quantitative estimate of drug-likeness (QED) is 0.756. The molecule has 0 atom stereocenters. The third-order valence-corrected chi connectivity index (χ3v) is 2.89. The third-order valence-electron chi connectivity index (χ3n) is 1.75. The Morgan fingerprint density at radius 2 is 1.87 bits per heavy atom. The molecule has 2 nitrogen and oxygen atoms in total. The van der Waals surface area contributed by atoms with Crippen LogP contribution in [0.5, 0.6) is 10.8 Å². The van der Waals surface area contributed by atoms with Gasteiger partial charge in [-0.2, -0.15) is 0 Å². The Balaban J connectivity index is 2.14. The number of hydrogen-bond acceptors (Lipinski definition) is 3. The molecule has 0 radical (unpaired) electrons. The summed E-state index contributed by atoms with van der Waals surface area (Å²) in [5, 5.41) is 1.36. The molecule has 0 unspecified atom stereocenters. The van der Waals surface area contributed by atoms with Gasteiger partial charge >= 0.3 is 0 Å². The molecule has 15 heavy (non-hydrogen) atoms. The second-order valence-electron chi connectivity index (χ2n) is 2.83. The number of carbonyl (C=O) groups excluding carboxylic acids is 1. The second kappa shape index (κ2) is 4.47. The number of halogens is 1. The molecule has 1 heterocycles. The molecule has 0 spiro atoms. The van der Waals surface area contributed by atoms with Crippen LogP contribution >= 0.6 is 22.9 Å². The van der Waals surface area contributed by atoms with Gasteiger partial charge in [0.05, 0.1) is 4.88 Å². The molecule has 0 fully saturated rings. The highest BCUT2D eigenvalue weighted by molar-refractivity contribution is 7.15. The lowest BCUT2D eigenvalue weighted by atomic mass is 10.3. The normalized spacial score (nSPS) is 9.93. The van der Waals surface area contributed by atoms with Crippen LogP contribution < -0.4 is 4.74 Å².